The van der Waals surface area contributed by atoms with Crippen molar-refractivity contribution in [3.63, 3.8) is 0 Å². The van der Waals surface area contributed by atoms with Crippen molar-refractivity contribution in [1.82, 2.24) is 15.5 Å². The van der Waals surface area contributed by atoms with Crippen LogP contribution in [0.15, 0.2) is 34.9 Å². The normalized spacial score (nSPS) is 20.4. The SMILES string of the molecule is c1ccc(-c2noc([C@@H]3CNCCO3)n2)cc1. The number of hydrogen-bond acceptors (Lipinski definition) is 5. The second kappa shape index (κ2) is 4.65. The van der Waals surface area contributed by atoms with Gasteiger partial charge in [0, 0.05) is 18.7 Å². The van der Waals surface area contributed by atoms with E-state index in [1.807, 2.05) is 30.3 Å². The van der Waals surface area contributed by atoms with E-state index in [2.05, 4.69) is 15.5 Å². The van der Waals surface area contributed by atoms with Crippen LogP contribution in [0.3, 0.4) is 0 Å². The average Bonchev–Trinajstić information content (AvgIpc) is 2.90. The fraction of sp³-hybridized carbons (Fsp3) is 0.333. The highest BCUT2D eigenvalue weighted by Crippen LogP contribution is 2.21. The monoisotopic (exact) mass is 231 g/mol. The number of hydrogen-bond donors (Lipinski definition) is 1. The summed E-state index contributed by atoms with van der Waals surface area (Å²) in [4.78, 5) is 4.36. The Morgan fingerprint density at radius 3 is 2.88 bits per heavy atom. The van der Waals surface area contributed by atoms with Gasteiger partial charge in [-0.3, -0.25) is 0 Å². The van der Waals surface area contributed by atoms with E-state index in [0.29, 0.717) is 18.3 Å². The first-order chi connectivity index (χ1) is 8.43. The van der Waals surface area contributed by atoms with Crippen LogP contribution in [0, 0.1) is 0 Å². The third-order valence-corrected chi connectivity index (χ3v) is 2.68. The lowest BCUT2D eigenvalue weighted by Gasteiger charge is -2.19. The average molecular weight is 231 g/mol. The molecule has 1 atom stereocenters. The quantitative estimate of drug-likeness (QED) is 0.846. The van der Waals surface area contributed by atoms with E-state index in [4.69, 9.17) is 9.26 Å². The number of aromatic nitrogens is 2. The van der Waals surface area contributed by atoms with Gasteiger partial charge in [-0.25, -0.2) is 0 Å². The lowest BCUT2D eigenvalue weighted by atomic mass is 10.2. The zero-order valence-electron chi connectivity index (χ0n) is 9.30. The Morgan fingerprint density at radius 1 is 1.24 bits per heavy atom. The standard InChI is InChI=1S/C12H13N3O2/c1-2-4-9(5-3-1)11-14-12(17-15-11)10-8-13-6-7-16-10/h1-5,10,13H,6-8H2/t10-/m0/s1. The van der Waals surface area contributed by atoms with E-state index in [0.717, 1.165) is 18.7 Å². The highest BCUT2D eigenvalue weighted by atomic mass is 16.5. The summed E-state index contributed by atoms with van der Waals surface area (Å²) in [5.41, 5.74) is 0.950. The lowest BCUT2D eigenvalue weighted by molar-refractivity contribution is 0.00755. The summed E-state index contributed by atoms with van der Waals surface area (Å²) in [6.45, 7) is 2.26. The van der Waals surface area contributed by atoms with E-state index < -0.39 is 0 Å². The molecule has 2 aromatic rings. The van der Waals surface area contributed by atoms with Gasteiger partial charge in [0.15, 0.2) is 0 Å². The Labute approximate surface area is 98.8 Å². The second-order valence-corrected chi connectivity index (χ2v) is 3.89. The van der Waals surface area contributed by atoms with Gasteiger partial charge >= 0.3 is 0 Å². The van der Waals surface area contributed by atoms with Crippen molar-refractivity contribution >= 4 is 0 Å². The largest absolute Gasteiger partial charge is 0.366 e. The van der Waals surface area contributed by atoms with Gasteiger partial charge in [-0.1, -0.05) is 35.5 Å². The van der Waals surface area contributed by atoms with Gasteiger partial charge < -0.3 is 14.6 Å². The van der Waals surface area contributed by atoms with Crippen molar-refractivity contribution in [2.75, 3.05) is 19.7 Å². The molecule has 1 N–H and O–H groups in total. The molecule has 0 aliphatic carbocycles. The van der Waals surface area contributed by atoms with E-state index in [9.17, 15) is 0 Å². The molecule has 0 spiro atoms. The topological polar surface area (TPSA) is 60.2 Å². The second-order valence-electron chi connectivity index (χ2n) is 3.89. The Morgan fingerprint density at radius 2 is 2.12 bits per heavy atom. The summed E-state index contributed by atoms with van der Waals surface area (Å²) >= 11 is 0. The van der Waals surface area contributed by atoms with Crippen LogP contribution in [0.25, 0.3) is 11.4 Å². The number of rotatable bonds is 2. The number of morpholine rings is 1. The molecular formula is C12H13N3O2. The Kier molecular flexibility index (Phi) is 2.85. The highest BCUT2D eigenvalue weighted by Gasteiger charge is 2.22. The molecule has 1 aliphatic heterocycles. The molecular weight excluding hydrogens is 218 g/mol. The van der Waals surface area contributed by atoms with E-state index in [1.54, 1.807) is 0 Å². The molecule has 0 amide bonds. The summed E-state index contributed by atoms with van der Waals surface area (Å²) in [6, 6.07) is 9.76. The summed E-state index contributed by atoms with van der Waals surface area (Å²) in [6.07, 6.45) is -0.131. The van der Waals surface area contributed by atoms with Crippen LogP contribution >= 0.6 is 0 Å². The van der Waals surface area contributed by atoms with E-state index in [-0.39, 0.29) is 6.10 Å². The van der Waals surface area contributed by atoms with Gasteiger partial charge in [0.1, 0.15) is 6.10 Å². The van der Waals surface area contributed by atoms with Crippen LogP contribution in [-0.2, 0) is 4.74 Å². The predicted molar refractivity (Wildman–Crippen MR) is 61.3 cm³/mol. The van der Waals surface area contributed by atoms with E-state index in [1.165, 1.54) is 0 Å². The number of ether oxygens (including phenoxy) is 1. The van der Waals surface area contributed by atoms with Gasteiger partial charge in [-0.2, -0.15) is 4.98 Å². The maximum Gasteiger partial charge on any atom is 0.257 e. The highest BCUT2D eigenvalue weighted by molar-refractivity contribution is 5.53. The molecule has 1 saturated heterocycles. The van der Waals surface area contributed by atoms with Gasteiger partial charge in [0.25, 0.3) is 5.89 Å². The zero-order valence-corrected chi connectivity index (χ0v) is 9.30. The first kappa shape index (κ1) is 10.4. The van der Waals surface area contributed by atoms with Gasteiger partial charge in [-0.05, 0) is 0 Å². The smallest absolute Gasteiger partial charge is 0.257 e. The molecule has 88 valence electrons. The number of benzene rings is 1. The fourth-order valence-corrected chi connectivity index (χ4v) is 1.79. The van der Waals surface area contributed by atoms with Gasteiger partial charge in [-0.15, -0.1) is 0 Å². The van der Waals surface area contributed by atoms with Crippen molar-refractivity contribution in [3.05, 3.63) is 36.2 Å². The Balaban J connectivity index is 1.83. The van der Waals surface area contributed by atoms with Crippen LogP contribution in [0.4, 0.5) is 0 Å². The molecule has 1 aliphatic rings. The molecule has 3 rings (SSSR count). The third kappa shape index (κ3) is 2.20. The minimum atomic E-state index is -0.131. The minimum absolute atomic E-state index is 0.131. The summed E-state index contributed by atoms with van der Waals surface area (Å²) in [5.74, 6) is 1.14. The van der Waals surface area contributed by atoms with Gasteiger partial charge in [0.2, 0.25) is 5.82 Å². The van der Waals surface area contributed by atoms with Crippen molar-refractivity contribution in [3.8, 4) is 11.4 Å². The van der Waals surface area contributed by atoms with Crippen molar-refractivity contribution < 1.29 is 9.26 Å². The molecule has 1 fully saturated rings. The maximum atomic E-state index is 5.55. The molecule has 1 aromatic heterocycles. The fourth-order valence-electron chi connectivity index (χ4n) is 1.79. The maximum absolute atomic E-state index is 5.55. The molecule has 5 heteroatoms. The third-order valence-electron chi connectivity index (χ3n) is 2.68. The molecule has 2 heterocycles. The molecule has 17 heavy (non-hydrogen) atoms. The lowest BCUT2D eigenvalue weighted by Crippen LogP contribution is -2.33. The zero-order chi connectivity index (χ0) is 11.5. The molecule has 1 aromatic carbocycles. The molecule has 0 radical (unpaired) electrons. The molecule has 0 unspecified atom stereocenters. The summed E-state index contributed by atoms with van der Waals surface area (Å²) < 4.78 is 10.8. The molecule has 0 bridgehead atoms. The van der Waals surface area contributed by atoms with E-state index >= 15 is 0 Å². The minimum Gasteiger partial charge on any atom is -0.366 e. The van der Waals surface area contributed by atoms with Crippen LogP contribution in [0.1, 0.15) is 12.0 Å². The van der Waals surface area contributed by atoms with Crippen LogP contribution in [0.5, 0.6) is 0 Å². The van der Waals surface area contributed by atoms with Gasteiger partial charge in [0.05, 0.1) is 6.61 Å². The summed E-state index contributed by atoms with van der Waals surface area (Å²) in [7, 11) is 0. The van der Waals surface area contributed by atoms with Crippen LogP contribution in [0.2, 0.25) is 0 Å². The van der Waals surface area contributed by atoms with Crippen molar-refractivity contribution in [1.29, 1.82) is 0 Å². The first-order valence-electron chi connectivity index (χ1n) is 5.65. The first-order valence-corrected chi connectivity index (χ1v) is 5.65. The predicted octanol–water partition coefficient (Wildman–Crippen LogP) is 1.40. The van der Waals surface area contributed by atoms with Crippen molar-refractivity contribution in [2.45, 2.75) is 6.10 Å². The van der Waals surface area contributed by atoms with Crippen LogP contribution < -0.4 is 5.32 Å². The van der Waals surface area contributed by atoms with Crippen LogP contribution in [-0.4, -0.2) is 29.8 Å². The summed E-state index contributed by atoms with van der Waals surface area (Å²) in [5, 5.41) is 7.20. The number of nitrogens with zero attached hydrogens (tertiary/aromatic N) is 2. The molecule has 5 nitrogen and oxygen atoms in total. The number of nitrogens with one attached hydrogen (secondary N) is 1. The Hall–Kier alpha value is -1.72. The molecule has 0 saturated carbocycles. The van der Waals surface area contributed by atoms with Crippen molar-refractivity contribution in [2.24, 2.45) is 0 Å². The Bertz CT molecular complexity index is 478.